The van der Waals surface area contributed by atoms with Crippen LogP contribution in [0.25, 0.3) is 0 Å². The van der Waals surface area contributed by atoms with Crippen LogP contribution < -0.4 is 10.6 Å². The predicted octanol–water partition coefficient (Wildman–Crippen LogP) is 1.69. The topological polar surface area (TPSA) is 67.7 Å². The molecule has 0 saturated carbocycles. The minimum atomic E-state index is 0.796. The summed E-state index contributed by atoms with van der Waals surface area (Å²) in [7, 11) is 1.92. The summed E-state index contributed by atoms with van der Waals surface area (Å²) < 4.78 is 1.81. The first-order valence-corrected chi connectivity index (χ1v) is 6.55. The minimum Gasteiger partial charge on any atom is -0.369 e. The number of aryl methyl sites for hydroxylation is 1. The fourth-order valence-electron chi connectivity index (χ4n) is 1.73. The average molecular weight is 260 g/mol. The van der Waals surface area contributed by atoms with E-state index < -0.39 is 0 Å². The van der Waals surface area contributed by atoms with Crippen LogP contribution >= 0.6 is 0 Å². The van der Waals surface area contributed by atoms with E-state index in [4.69, 9.17) is 0 Å². The van der Waals surface area contributed by atoms with Gasteiger partial charge >= 0.3 is 0 Å². The van der Waals surface area contributed by atoms with E-state index in [1.807, 2.05) is 24.1 Å². The zero-order valence-corrected chi connectivity index (χ0v) is 11.4. The molecule has 0 fully saturated rings. The molecule has 6 heteroatoms. The predicted molar refractivity (Wildman–Crippen MR) is 76.2 cm³/mol. The average Bonchev–Trinajstić information content (AvgIpc) is 2.83. The smallest absolute Gasteiger partial charge is 0.146 e. The van der Waals surface area contributed by atoms with E-state index in [9.17, 15) is 0 Å². The minimum absolute atomic E-state index is 0.796. The second-order valence-electron chi connectivity index (χ2n) is 4.42. The quantitative estimate of drug-likeness (QED) is 0.793. The van der Waals surface area contributed by atoms with Crippen LogP contribution in [-0.2, 0) is 13.5 Å². The van der Waals surface area contributed by atoms with Crippen molar-refractivity contribution >= 4 is 11.6 Å². The van der Waals surface area contributed by atoms with Crippen molar-refractivity contribution in [2.45, 2.75) is 19.8 Å². The molecule has 2 aromatic rings. The van der Waals surface area contributed by atoms with Crippen molar-refractivity contribution in [2.24, 2.45) is 7.05 Å². The molecule has 0 radical (unpaired) electrons. The van der Waals surface area contributed by atoms with Gasteiger partial charge in [0.25, 0.3) is 0 Å². The lowest BCUT2D eigenvalue weighted by Gasteiger charge is -2.07. The third-order valence-corrected chi connectivity index (χ3v) is 2.67. The Balaban J connectivity index is 1.82. The summed E-state index contributed by atoms with van der Waals surface area (Å²) in [6.45, 7) is 3.85. The van der Waals surface area contributed by atoms with Crippen molar-refractivity contribution in [3.8, 4) is 0 Å². The molecule has 2 heterocycles. The van der Waals surface area contributed by atoms with Gasteiger partial charge in [0.05, 0.1) is 18.6 Å². The standard InChI is InChI=1S/C13H20N6/c1-3-5-15-12-8-14-9-13(18-12)16-6-4-11-7-17-19(2)10-11/h7-10H,3-6H2,1-2H3,(H2,15,16,18). The highest BCUT2D eigenvalue weighted by atomic mass is 15.2. The highest BCUT2D eigenvalue weighted by molar-refractivity contribution is 5.41. The first-order chi connectivity index (χ1) is 9.28. The third-order valence-electron chi connectivity index (χ3n) is 2.67. The maximum atomic E-state index is 4.44. The van der Waals surface area contributed by atoms with Gasteiger partial charge in [-0.3, -0.25) is 9.67 Å². The molecule has 2 N–H and O–H groups in total. The van der Waals surface area contributed by atoms with Crippen LogP contribution in [0.5, 0.6) is 0 Å². The summed E-state index contributed by atoms with van der Waals surface area (Å²) in [5.41, 5.74) is 1.21. The van der Waals surface area contributed by atoms with Crippen LogP contribution in [0.3, 0.4) is 0 Å². The number of aromatic nitrogens is 4. The van der Waals surface area contributed by atoms with Gasteiger partial charge in [-0.2, -0.15) is 5.10 Å². The number of nitrogens with one attached hydrogen (secondary N) is 2. The van der Waals surface area contributed by atoms with Gasteiger partial charge < -0.3 is 10.6 Å². The van der Waals surface area contributed by atoms with Crippen molar-refractivity contribution in [1.29, 1.82) is 0 Å². The molecular formula is C13H20N6. The van der Waals surface area contributed by atoms with Crippen LogP contribution in [0, 0.1) is 0 Å². The molecule has 0 aliphatic heterocycles. The van der Waals surface area contributed by atoms with Crippen molar-refractivity contribution in [1.82, 2.24) is 19.7 Å². The maximum absolute atomic E-state index is 4.44. The van der Waals surface area contributed by atoms with Crippen molar-refractivity contribution in [3.05, 3.63) is 30.4 Å². The first-order valence-electron chi connectivity index (χ1n) is 6.55. The van der Waals surface area contributed by atoms with Crippen molar-refractivity contribution in [3.63, 3.8) is 0 Å². The molecule has 0 spiro atoms. The Labute approximate surface area is 113 Å². The van der Waals surface area contributed by atoms with Crippen LogP contribution in [-0.4, -0.2) is 32.8 Å². The summed E-state index contributed by atoms with van der Waals surface area (Å²) in [5.74, 6) is 1.61. The lowest BCUT2D eigenvalue weighted by Crippen LogP contribution is -2.08. The van der Waals surface area contributed by atoms with Crippen LogP contribution in [0.2, 0.25) is 0 Å². The van der Waals surface area contributed by atoms with Gasteiger partial charge in [-0.15, -0.1) is 0 Å². The zero-order valence-electron chi connectivity index (χ0n) is 11.4. The monoisotopic (exact) mass is 260 g/mol. The van der Waals surface area contributed by atoms with Gasteiger partial charge in [-0.25, -0.2) is 4.98 Å². The Hall–Kier alpha value is -2.11. The molecule has 2 aromatic heterocycles. The molecule has 0 aromatic carbocycles. The molecule has 0 saturated heterocycles. The number of rotatable bonds is 7. The van der Waals surface area contributed by atoms with Gasteiger partial charge in [0.2, 0.25) is 0 Å². The highest BCUT2D eigenvalue weighted by Crippen LogP contribution is 2.07. The molecule has 0 amide bonds. The fraction of sp³-hybridized carbons (Fsp3) is 0.462. The number of nitrogens with zero attached hydrogens (tertiary/aromatic N) is 4. The molecule has 0 bridgehead atoms. The molecule has 0 unspecified atom stereocenters. The SMILES string of the molecule is CCCNc1cncc(NCCc2cnn(C)c2)n1. The maximum Gasteiger partial charge on any atom is 0.146 e. The van der Waals surface area contributed by atoms with E-state index in [2.05, 4.69) is 32.6 Å². The molecule has 6 nitrogen and oxygen atoms in total. The Morgan fingerprint density at radius 1 is 1.11 bits per heavy atom. The van der Waals surface area contributed by atoms with Gasteiger partial charge in [0.1, 0.15) is 11.6 Å². The van der Waals surface area contributed by atoms with Crippen LogP contribution in [0.4, 0.5) is 11.6 Å². The Kier molecular flexibility index (Phi) is 4.72. The number of hydrogen-bond donors (Lipinski definition) is 2. The molecule has 2 rings (SSSR count). The molecule has 0 aliphatic carbocycles. The van der Waals surface area contributed by atoms with Crippen LogP contribution in [0.15, 0.2) is 24.8 Å². The summed E-state index contributed by atoms with van der Waals surface area (Å²) in [4.78, 5) is 8.60. The normalized spacial score (nSPS) is 10.4. The van der Waals surface area contributed by atoms with E-state index in [0.29, 0.717) is 0 Å². The highest BCUT2D eigenvalue weighted by Gasteiger charge is 1.99. The fourth-order valence-corrected chi connectivity index (χ4v) is 1.73. The molecule has 0 atom stereocenters. The molecule has 19 heavy (non-hydrogen) atoms. The van der Waals surface area contributed by atoms with E-state index in [1.165, 1.54) is 5.56 Å². The van der Waals surface area contributed by atoms with E-state index >= 15 is 0 Å². The Morgan fingerprint density at radius 2 is 1.84 bits per heavy atom. The van der Waals surface area contributed by atoms with Crippen LogP contribution in [0.1, 0.15) is 18.9 Å². The zero-order chi connectivity index (χ0) is 13.5. The number of hydrogen-bond acceptors (Lipinski definition) is 5. The number of anilines is 2. The first kappa shape index (κ1) is 13.3. The molecular weight excluding hydrogens is 240 g/mol. The molecule has 102 valence electrons. The van der Waals surface area contributed by atoms with Gasteiger partial charge in [-0.05, 0) is 18.4 Å². The summed E-state index contributed by atoms with van der Waals surface area (Å²) in [6.07, 6.45) is 9.37. The Bertz CT molecular complexity index is 507. The second kappa shape index (κ2) is 6.72. The lowest BCUT2D eigenvalue weighted by atomic mass is 10.2. The van der Waals surface area contributed by atoms with Gasteiger partial charge in [0, 0.05) is 26.3 Å². The summed E-state index contributed by atoms with van der Waals surface area (Å²) in [6, 6.07) is 0. The van der Waals surface area contributed by atoms with Crippen molar-refractivity contribution < 1.29 is 0 Å². The third kappa shape index (κ3) is 4.24. The summed E-state index contributed by atoms with van der Waals surface area (Å²) in [5, 5.41) is 10.6. The summed E-state index contributed by atoms with van der Waals surface area (Å²) >= 11 is 0. The largest absolute Gasteiger partial charge is 0.369 e. The van der Waals surface area contributed by atoms with E-state index in [1.54, 1.807) is 12.4 Å². The second-order valence-corrected chi connectivity index (χ2v) is 4.42. The van der Waals surface area contributed by atoms with Crippen molar-refractivity contribution in [2.75, 3.05) is 23.7 Å². The molecule has 0 aliphatic rings. The van der Waals surface area contributed by atoms with Gasteiger partial charge in [0.15, 0.2) is 0 Å². The Morgan fingerprint density at radius 3 is 2.47 bits per heavy atom. The van der Waals surface area contributed by atoms with E-state index in [0.717, 1.165) is 37.6 Å². The van der Waals surface area contributed by atoms with E-state index in [-0.39, 0.29) is 0 Å². The van der Waals surface area contributed by atoms with Gasteiger partial charge in [-0.1, -0.05) is 6.92 Å². The lowest BCUT2D eigenvalue weighted by molar-refractivity contribution is 0.767.